The minimum absolute atomic E-state index is 0.0528. The van der Waals surface area contributed by atoms with E-state index in [4.69, 9.17) is 11.6 Å². The zero-order chi connectivity index (χ0) is 20.3. The van der Waals surface area contributed by atoms with Crippen LogP contribution in [0.3, 0.4) is 0 Å². The lowest BCUT2D eigenvalue weighted by Gasteiger charge is -2.47. The number of rotatable bonds is 2. The number of benzene rings is 2. The number of nitrogens with one attached hydrogen (secondary N) is 1. The third-order valence-corrected chi connectivity index (χ3v) is 7.48. The highest BCUT2D eigenvalue weighted by molar-refractivity contribution is 7.21. The summed E-state index contributed by atoms with van der Waals surface area (Å²) in [5.74, 6) is -0.295. The second-order valence-corrected chi connectivity index (χ2v) is 9.34. The van der Waals surface area contributed by atoms with E-state index >= 15 is 0 Å². The molecule has 0 atom stereocenters. The molecule has 2 aliphatic heterocycles. The molecular formula is C22H18ClFN2O2S. The van der Waals surface area contributed by atoms with Crippen molar-refractivity contribution in [1.29, 1.82) is 0 Å². The number of amides is 2. The summed E-state index contributed by atoms with van der Waals surface area (Å²) >= 11 is 7.88. The summed E-state index contributed by atoms with van der Waals surface area (Å²) in [6.45, 7) is 2.78. The van der Waals surface area contributed by atoms with E-state index in [9.17, 15) is 14.0 Å². The Labute approximate surface area is 176 Å². The predicted octanol–water partition coefficient (Wildman–Crippen LogP) is 4.77. The summed E-state index contributed by atoms with van der Waals surface area (Å²) in [6, 6.07) is 10.9. The Morgan fingerprint density at radius 3 is 2.62 bits per heavy atom. The number of likely N-dealkylation sites (tertiary alicyclic amines) is 1. The first kappa shape index (κ1) is 18.6. The van der Waals surface area contributed by atoms with Crippen LogP contribution in [0.5, 0.6) is 0 Å². The van der Waals surface area contributed by atoms with Crippen LogP contribution >= 0.6 is 22.9 Å². The van der Waals surface area contributed by atoms with Crippen molar-refractivity contribution in [2.75, 3.05) is 13.1 Å². The van der Waals surface area contributed by atoms with E-state index in [0.29, 0.717) is 35.0 Å². The first-order chi connectivity index (χ1) is 13.8. The monoisotopic (exact) mass is 428 g/mol. The number of halogens is 2. The SMILES string of the molecule is Cc1ccc(-c2ccc3c(Cl)c(C(=O)N4CC5(CCC(=O)N5)C4)sc3c2)cc1F. The molecule has 0 unspecified atom stereocenters. The molecule has 0 bridgehead atoms. The van der Waals surface area contributed by atoms with Gasteiger partial charge in [-0.05, 0) is 42.2 Å². The maximum Gasteiger partial charge on any atom is 0.265 e. The van der Waals surface area contributed by atoms with Gasteiger partial charge in [-0.3, -0.25) is 9.59 Å². The lowest BCUT2D eigenvalue weighted by atomic mass is 9.88. The van der Waals surface area contributed by atoms with Crippen LogP contribution in [-0.4, -0.2) is 35.3 Å². The molecular weight excluding hydrogens is 411 g/mol. The number of nitrogens with zero attached hydrogens (tertiary/aromatic N) is 1. The molecule has 0 saturated carbocycles. The second kappa shape index (κ2) is 6.54. The summed E-state index contributed by atoms with van der Waals surface area (Å²) in [5, 5.41) is 4.26. The summed E-state index contributed by atoms with van der Waals surface area (Å²) in [7, 11) is 0. The maximum atomic E-state index is 13.9. The van der Waals surface area contributed by atoms with Gasteiger partial charge in [-0.1, -0.05) is 35.9 Å². The fraction of sp³-hybridized carbons (Fsp3) is 0.273. The molecule has 3 aromatic rings. The van der Waals surface area contributed by atoms with Crippen molar-refractivity contribution in [3.63, 3.8) is 0 Å². The van der Waals surface area contributed by atoms with Crippen molar-refractivity contribution in [3.05, 3.63) is 57.7 Å². The first-order valence-corrected chi connectivity index (χ1v) is 10.6. The largest absolute Gasteiger partial charge is 0.347 e. The highest BCUT2D eigenvalue weighted by Gasteiger charge is 2.49. The van der Waals surface area contributed by atoms with Crippen LogP contribution < -0.4 is 5.32 Å². The fourth-order valence-corrected chi connectivity index (χ4v) is 5.66. The molecule has 5 rings (SSSR count). The molecule has 0 radical (unpaired) electrons. The number of carbonyl (C=O) groups is 2. The zero-order valence-electron chi connectivity index (χ0n) is 15.7. The van der Waals surface area contributed by atoms with Crippen LogP contribution in [0, 0.1) is 12.7 Å². The van der Waals surface area contributed by atoms with Crippen LogP contribution in [-0.2, 0) is 4.79 Å². The number of hydrogen-bond acceptors (Lipinski definition) is 3. The highest BCUT2D eigenvalue weighted by atomic mass is 35.5. The van der Waals surface area contributed by atoms with E-state index in [1.165, 1.54) is 17.4 Å². The smallest absolute Gasteiger partial charge is 0.265 e. The average Bonchev–Trinajstić information content (AvgIpc) is 3.22. The molecule has 2 fully saturated rings. The highest BCUT2D eigenvalue weighted by Crippen LogP contribution is 2.40. The standard InChI is InChI=1S/C22H18ClFN2O2S/c1-12-2-3-13(8-16(12)24)14-4-5-15-17(9-14)29-20(19(15)23)21(28)26-10-22(11-26)7-6-18(27)25-22/h2-5,8-9H,6-7,10-11H2,1H3,(H,25,27). The van der Waals surface area contributed by atoms with Crippen molar-refractivity contribution < 1.29 is 14.0 Å². The fourth-order valence-electron chi connectivity index (χ4n) is 4.14. The molecule has 1 N–H and O–H groups in total. The number of hydrogen-bond donors (Lipinski definition) is 1. The third kappa shape index (κ3) is 3.02. The van der Waals surface area contributed by atoms with E-state index < -0.39 is 0 Å². The van der Waals surface area contributed by atoms with Crippen LogP contribution in [0.25, 0.3) is 21.2 Å². The van der Waals surface area contributed by atoms with Crippen LogP contribution in [0.1, 0.15) is 28.1 Å². The van der Waals surface area contributed by atoms with Gasteiger partial charge in [0.15, 0.2) is 0 Å². The number of fused-ring (bicyclic) bond motifs is 1. The van der Waals surface area contributed by atoms with Crippen molar-refractivity contribution in [1.82, 2.24) is 10.2 Å². The Morgan fingerprint density at radius 1 is 1.21 bits per heavy atom. The van der Waals surface area contributed by atoms with Crippen molar-refractivity contribution in [2.24, 2.45) is 0 Å². The molecule has 0 aliphatic carbocycles. The molecule has 2 amide bonds. The number of aryl methyl sites for hydroxylation is 1. The Kier molecular flexibility index (Phi) is 4.19. The minimum Gasteiger partial charge on any atom is -0.347 e. The van der Waals surface area contributed by atoms with Crippen molar-refractivity contribution >= 4 is 44.8 Å². The lowest BCUT2D eigenvalue weighted by molar-refractivity contribution is -0.120. The van der Waals surface area contributed by atoms with E-state index in [-0.39, 0.29) is 23.2 Å². The van der Waals surface area contributed by atoms with Gasteiger partial charge in [0.2, 0.25) is 5.91 Å². The van der Waals surface area contributed by atoms with Gasteiger partial charge in [0, 0.05) is 29.6 Å². The molecule has 4 nitrogen and oxygen atoms in total. The van der Waals surface area contributed by atoms with Gasteiger partial charge in [-0.2, -0.15) is 0 Å². The zero-order valence-corrected chi connectivity index (χ0v) is 17.3. The molecule has 1 aromatic heterocycles. The van der Waals surface area contributed by atoms with E-state index in [2.05, 4.69) is 5.32 Å². The van der Waals surface area contributed by atoms with E-state index in [0.717, 1.165) is 27.6 Å². The Hall–Kier alpha value is -2.44. The summed E-state index contributed by atoms with van der Waals surface area (Å²) in [5.41, 5.74) is 2.02. The summed E-state index contributed by atoms with van der Waals surface area (Å²) < 4.78 is 14.8. The topological polar surface area (TPSA) is 49.4 Å². The summed E-state index contributed by atoms with van der Waals surface area (Å²) in [4.78, 5) is 26.7. The van der Waals surface area contributed by atoms with Crippen molar-refractivity contribution in [3.8, 4) is 11.1 Å². The normalized spacial score (nSPS) is 17.6. The van der Waals surface area contributed by atoms with Crippen molar-refractivity contribution in [2.45, 2.75) is 25.3 Å². The first-order valence-electron chi connectivity index (χ1n) is 9.44. The summed E-state index contributed by atoms with van der Waals surface area (Å²) in [6.07, 6.45) is 1.29. The van der Waals surface area contributed by atoms with Crippen LogP contribution in [0.2, 0.25) is 5.02 Å². The molecule has 2 aromatic carbocycles. The second-order valence-electron chi connectivity index (χ2n) is 7.91. The van der Waals surface area contributed by atoms with Gasteiger partial charge in [0.1, 0.15) is 10.7 Å². The lowest BCUT2D eigenvalue weighted by Crippen LogP contribution is -2.68. The van der Waals surface area contributed by atoms with Gasteiger partial charge in [0.05, 0.1) is 10.6 Å². The van der Waals surface area contributed by atoms with E-state index in [1.54, 1.807) is 17.9 Å². The van der Waals surface area contributed by atoms with Gasteiger partial charge in [-0.25, -0.2) is 4.39 Å². The molecule has 7 heteroatoms. The van der Waals surface area contributed by atoms with Crippen LogP contribution in [0.15, 0.2) is 36.4 Å². The van der Waals surface area contributed by atoms with Gasteiger partial charge >= 0.3 is 0 Å². The minimum atomic E-state index is -0.251. The third-order valence-electron chi connectivity index (χ3n) is 5.84. The molecule has 148 valence electrons. The Morgan fingerprint density at radius 2 is 1.93 bits per heavy atom. The molecule has 2 saturated heterocycles. The molecule has 29 heavy (non-hydrogen) atoms. The number of carbonyl (C=O) groups excluding carboxylic acids is 2. The Balaban J connectivity index is 1.43. The van der Waals surface area contributed by atoms with Gasteiger partial charge in [0.25, 0.3) is 5.91 Å². The average molecular weight is 429 g/mol. The maximum absolute atomic E-state index is 13.9. The molecule has 2 aliphatic rings. The Bertz CT molecular complexity index is 1180. The molecule has 1 spiro atoms. The predicted molar refractivity (Wildman–Crippen MR) is 113 cm³/mol. The van der Waals surface area contributed by atoms with Gasteiger partial charge in [-0.15, -0.1) is 11.3 Å². The number of thiophene rings is 1. The van der Waals surface area contributed by atoms with Gasteiger partial charge < -0.3 is 10.2 Å². The quantitative estimate of drug-likeness (QED) is 0.639. The van der Waals surface area contributed by atoms with E-state index in [1.807, 2.05) is 24.3 Å². The molecule has 3 heterocycles. The van der Waals surface area contributed by atoms with Crippen LogP contribution in [0.4, 0.5) is 4.39 Å².